The van der Waals surface area contributed by atoms with E-state index >= 15 is 0 Å². The molecule has 0 N–H and O–H groups in total. The van der Waals surface area contributed by atoms with Gasteiger partial charge in [-0.25, -0.2) is 4.98 Å². The molecule has 21 heavy (non-hydrogen) atoms. The number of aromatic nitrogens is 1. The summed E-state index contributed by atoms with van der Waals surface area (Å²) in [5.74, 6) is 0.230. The zero-order valence-electron chi connectivity index (χ0n) is 13.5. The van der Waals surface area contributed by atoms with Crippen LogP contribution in [0.2, 0.25) is 0 Å². The molecule has 1 aromatic carbocycles. The van der Waals surface area contributed by atoms with Gasteiger partial charge in [-0.1, -0.05) is 39.0 Å². The Hall–Kier alpha value is -1.48. The molecule has 0 atom stereocenters. The van der Waals surface area contributed by atoms with Gasteiger partial charge in [-0.2, -0.15) is 0 Å². The lowest BCUT2D eigenvalue weighted by atomic mass is 9.93. The Morgan fingerprint density at radius 2 is 1.86 bits per heavy atom. The first-order chi connectivity index (χ1) is 9.75. The van der Waals surface area contributed by atoms with Crippen LogP contribution < -0.4 is 0 Å². The zero-order chi connectivity index (χ0) is 15.6. The molecule has 0 radical (unpaired) electrons. The number of rotatable bonds is 4. The molecule has 0 aliphatic rings. The topological polar surface area (TPSA) is 30.0 Å². The van der Waals surface area contributed by atoms with Crippen molar-refractivity contribution >= 4 is 17.1 Å². The highest BCUT2D eigenvalue weighted by Gasteiger charge is 2.18. The smallest absolute Gasteiger partial charge is 0.144 e. The zero-order valence-corrected chi connectivity index (χ0v) is 14.3. The minimum atomic E-state index is 0.0475. The van der Waals surface area contributed by atoms with Crippen molar-refractivity contribution in [3.05, 3.63) is 51.0 Å². The molecule has 0 spiro atoms. The molecule has 0 aliphatic carbocycles. The molecule has 0 bridgehead atoms. The molecule has 0 unspecified atom stereocenters. The largest absolute Gasteiger partial charge is 0.299 e. The van der Waals surface area contributed by atoms with E-state index in [4.69, 9.17) is 0 Å². The van der Waals surface area contributed by atoms with Gasteiger partial charge in [-0.05, 0) is 30.5 Å². The summed E-state index contributed by atoms with van der Waals surface area (Å²) < 4.78 is 0. The van der Waals surface area contributed by atoms with E-state index in [-0.39, 0.29) is 11.2 Å². The van der Waals surface area contributed by atoms with Crippen molar-refractivity contribution in [2.45, 2.75) is 52.9 Å². The molecule has 3 heteroatoms. The average molecular weight is 301 g/mol. The molecule has 0 amide bonds. The number of carbonyl (C=O) groups excluding carboxylic acids is 1. The van der Waals surface area contributed by atoms with Crippen LogP contribution in [-0.4, -0.2) is 10.8 Å². The first-order valence-corrected chi connectivity index (χ1v) is 8.16. The van der Waals surface area contributed by atoms with Gasteiger partial charge in [-0.15, -0.1) is 11.3 Å². The summed E-state index contributed by atoms with van der Waals surface area (Å²) in [4.78, 5) is 16.8. The summed E-state index contributed by atoms with van der Waals surface area (Å²) >= 11 is 1.59. The lowest BCUT2D eigenvalue weighted by Crippen LogP contribution is -2.12. The first-order valence-electron chi connectivity index (χ1n) is 7.28. The third kappa shape index (κ3) is 4.24. The highest BCUT2D eigenvalue weighted by molar-refractivity contribution is 7.09. The highest BCUT2D eigenvalue weighted by atomic mass is 32.1. The Labute approximate surface area is 131 Å². The lowest BCUT2D eigenvalue weighted by molar-refractivity contribution is -0.117. The van der Waals surface area contributed by atoms with Crippen molar-refractivity contribution in [1.29, 1.82) is 0 Å². The molecule has 2 aromatic rings. The molecule has 2 rings (SSSR count). The Bertz CT molecular complexity index is 649. The molecule has 2 nitrogen and oxygen atoms in total. The summed E-state index contributed by atoms with van der Waals surface area (Å²) in [7, 11) is 0. The molecule has 1 heterocycles. The Morgan fingerprint density at radius 3 is 2.43 bits per heavy atom. The number of aryl methyl sites for hydroxylation is 2. The van der Waals surface area contributed by atoms with E-state index in [1.807, 2.05) is 6.07 Å². The van der Waals surface area contributed by atoms with E-state index < -0.39 is 0 Å². The lowest BCUT2D eigenvalue weighted by Gasteiger charge is -2.14. The molecule has 0 aliphatic heterocycles. The van der Waals surface area contributed by atoms with E-state index in [1.165, 1.54) is 11.1 Å². The molecular weight excluding hydrogens is 278 g/mol. The summed E-state index contributed by atoms with van der Waals surface area (Å²) in [6.07, 6.45) is 0.930. The maximum atomic E-state index is 12.2. The van der Waals surface area contributed by atoms with Crippen LogP contribution in [0.3, 0.4) is 0 Å². The Morgan fingerprint density at radius 1 is 1.14 bits per heavy atom. The predicted molar refractivity (Wildman–Crippen MR) is 89.1 cm³/mol. The maximum absolute atomic E-state index is 12.2. The number of hydrogen-bond acceptors (Lipinski definition) is 3. The summed E-state index contributed by atoms with van der Waals surface area (Å²) in [6.45, 7) is 10.6. The Balaban J connectivity index is 2.01. The second-order valence-electron chi connectivity index (χ2n) is 6.69. The first kappa shape index (κ1) is 15.9. The molecule has 0 saturated heterocycles. The Kier molecular flexibility index (Phi) is 4.62. The predicted octanol–water partition coefficient (Wildman–Crippen LogP) is 4.41. The van der Waals surface area contributed by atoms with Gasteiger partial charge in [0.05, 0.1) is 12.1 Å². The van der Waals surface area contributed by atoms with Gasteiger partial charge >= 0.3 is 0 Å². The summed E-state index contributed by atoms with van der Waals surface area (Å²) in [5, 5.41) is 2.99. The minimum Gasteiger partial charge on any atom is -0.299 e. The van der Waals surface area contributed by atoms with Gasteiger partial charge in [0, 0.05) is 17.2 Å². The van der Waals surface area contributed by atoms with Crippen LogP contribution in [0.25, 0.3) is 0 Å². The quantitative estimate of drug-likeness (QED) is 0.837. The second-order valence-corrected chi connectivity index (χ2v) is 7.63. The van der Waals surface area contributed by atoms with Gasteiger partial charge < -0.3 is 0 Å². The monoisotopic (exact) mass is 301 g/mol. The maximum Gasteiger partial charge on any atom is 0.144 e. The van der Waals surface area contributed by atoms with E-state index in [1.54, 1.807) is 11.3 Å². The van der Waals surface area contributed by atoms with Crippen molar-refractivity contribution in [2.24, 2.45) is 0 Å². The van der Waals surface area contributed by atoms with Gasteiger partial charge in [0.2, 0.25) is 0 Å². The van der Waals surface area contributed by atoms with Crippen molar-refractivity contribution in [1.82, 2.24) is 4.98 Å². The van der Waals surface area contributed by atoms with E-state index in [0.717, 1.165) is 16.3 Å². The summed E-state index contributed by atoms with van der Waals surface area (Å²) in [5.41, 5.74) is 4.72. The van der Waals surface area contributed by atoms with E-state index in [2.05, 4.69) is 57.1 Å². The summed E-state index contributed by atoms with van der Waals surface area (Å²) in [6, 6.07) is 6.23. The molecule has 1 aromatic heterocycles. The number of Topliss-reactive ketones (excluding diaryl/α,β-unsaturated/α-hetero) is 1. The number of thiazole rings is 1. The fourth-order valence-electron chi connectivity index (χ4n) is 2.11. The van der Waals surface area contributed by atoms with E-state index in [0.29, 0.717) is 12.8 Å². The van der Waals surface area contributed by atoms with Crippen molar-refractivity contribution in [3.8, 4) is 0 Å². The standard InChI is InChI=1S/C18H23NOS/c1-12-6-7-14(8-13(12)2)9-15(20)10-17-19-16(11-21-17)18(3,4)5/h6-8,11H,9-10H2,1-5H3. The molecular formula is C18H23NOS. The van der Waals surface area contributed by atoms with Gasteiger partial charge in [0.1, 0.15) is 10.8 Å². The fraction of sp³-hybridized carbons (Fsp3) is 0.444. The minimum absolute atomic E-state index is 0.0475. The van der Waals surface area contributed by atoms with Gasteiger partial charge in [0.15, 0.2) is 0 Å². The number of carbonyl (C=O) groups is 1. The highest BCUT2D eigenvalue weighted by Crippen LogP contribution is 2.24. The molecule has 0 saturated carbocycles. The van der Waals surface area contributed by atoms with Crippen LogP contribution in [0, 0.1) is 13.8 Å². The number of nitrogens with zero attached hydrogens (tertiary/aromatic N) is 1. The van der Waals surface area contributed by atoms with Crippen LogP contribution in [0.4, 0.5) is 0 Å². The fourth-order valence-corrected chi connectivity index (χ4v) is 3.16. The van der Waals surface area contributed by atoms with Crippen molar-refractivity contribution < 1.29 is 4.79 Å². The SMILES string of the molecule is Cc1ccc(CC(=O)Cc2nc(C(C)(C)C)cs2)cc1C. The number of hydrogen-bond donors (Lipinski definition) is 0. The van der Waals surface area contributed by atoms with Gasteiger partial charge in [-0.3, -0.25) is 4.79 Å². The van der Waals surface area contributed by atoms with E-state index in [9.17, 15) is 4.79 Å². The average Bonchev–Trinajstić information content (AvgIpc) is 2.82. The number of ketones is 1. The van der Waals surface area contributed by atoms with Crippen LogP contribution in [0.1, 0.15) is 48.2 Å². The van der Waals surface area contributed by atoms with Crippen molar-refractivity contribution in [2.75, 3.05) is 0 Å². The third-order valence-electron chi connectivity index (χ3n) is 3.64. The van der Waals surface area contributed by atoms with Crippen LogP contribution in [0.5, 0.6) is 0 Å². The third-order valence-corrected chi connectivity index (χ3v) is 4.49. The normalized spacial score (nSPS) is 11.7. The van der Waals surface area contributed by atoms with Crippen LogP contribution in [-0.2, 0) is 23.1 Å². The second kappa shape index (κ2) is 6.10. The van der Waals surface area contributed by atoms with Crippen molar-refractivity contribution in [3.63, 3.8) is 0 Å². The van der Waals surface area contributed by atoms with Gasteiger partial charge in [0.25, 0.3) is 0 Å². The van der Waals surface area contributed by atoms with Crippen LogP contribution in [0.15, 0.2) is 23.6 Å². The molecule has 112 valence electrons. The molecule has 0 fully saturated rings. The number of benzene rings is 1. The van der Waals surface area contributed by atoms with Crippen LogP contribution >= 0.6 is 11.3 Å².